The van der Waals surface area contributed by atoms with Crippen LogP contribution in [0.5, 0.6) is 5.75 Å². The minimum Gasteiger partial charge on any atom is -0.492 e. The van der Waals surface area contributed by atoms with Gasteiger partial charge in [0, 0.05) is 37.9 Å². The van der Waals surface area contributed by atoms with E-state index in [9.17, 15) is 4.79 Å². The molecular formula is C22H25BrN6O2S. The summed E-state index contributed by atoms with van der Waals surface area (Å²) in [6, 6.07) is 4.18. The second kappa shape index (κ2) is 8.90. The number of imidazole rings is 1. The number of amides is 1. The number of nitrogens with zero attached hydrogens (tertiary/aromatic N) is 5. The molecule has 0 aromatic heterocycles. The van der Waals surface area contributed by atoms with Gasteiger partial charge in [0.1, 0.15) is 5.75 Å². The third kappa shape index (κ3) is 4.30. The van der Waals surface area contributed by atoms with Crippen molar-refractivity contribution in [2.75, 3.05) is 25.4 Å². The van der Waals surface area contributed by atoms with Crippen molar-refractivity contribution in [2.45, 2.75) is 49.2 Å². The zero-order valence-electron chi connectivity index (χ0n) is 17.9. The van der Waals surface area contributed by atoms with E-state index in [0.717, 1.165) is 72.9 Å². The first-order valence-electron chi connectivity index (χ1n) is 10.8. The van der Waals surface area contributed by atoms with E-state index in [1.807, 2.05) is 15.5 Å². The van der Waals surface area contributed by atoms with Gasteiger partial charge in [-0.1, -0.05) is 0 Å². The smallest absolute Gasteiger partial charge is 0.219 e. The summed E-state index contributed by atoms with van der Waals surface area (Å²) in [7, 11) is 0. The number of hydrogen-bond acceptors (Lipinski definition) is 7. The molecule has 4 heterocycles. The average Bonchev–Trinajstić information content (AvgIpc) is 3.41. The summed E-state index contributed by atoms with van der Waals surface area (Å²) in [5.74, 6) is 2.86. The number of benzene rings is 1. The molecule has 0 unspecified atom stereocenters. The molecule has 0 spiro atoms. The number of carbonyl (C=O) groups excluding carboxylic acids is 1. The molecule has 4 aliphatic rings. The Morgan fingerprint density at radius 1 is 1.31 bits per heavy atom. The molecule has 32 heavy (non-hydrogen) atoms. The van der Waals surface area contributed by atoms with Gasteiger partial charge >= 0.3 is 0 Å². The number of carbonyl (C=O) groups is 1. The van der Waals surface area contributed by atoms with Gasteiger partial charge < -0.3 is 19.9 Å². The van der Waals surface area contributed by atoms with E-state index >= 15 is 0 Å². The molecule has 8 nitrogen and oxygen atoms in total. The second-order valence-electron chi connectivity index (χ2n) is 8.33. The number of aryl methyl sites for hydroxylation is 1. The van der Waals surface area contributed by atoms with Gasteiger partial charge in [-0.25, -0.2) is 15.0 Å². The fourth-order valence-corrected chi connectivity index (χ4v) is 6.02. The van der Waals surface area contributed by atoms with Crippen LogP contribution in [0, 0.1) is 5.92 Å². The molecule has 1 amide bonds. The van der Waals surface area contributed by atoms with Crippen LogP contribution >= 0.6 is 27.7 Å². The number of ether oxygens (including phenoxy) is 1. The quantitative estimate of drug-likeness (QED) is 0.549. The number of aromatic nitrogens is 4. The standard InChI is InChI=1S/C22H25BrN6O2S/c1-13(30)28-6-2-14(3-7-28)4-8-29-12-25-20(24)18-21(29)27-22(26-18)32-16-10-15-5-9-31-19(15)17(23)11-16/h10-12,14H,2-9,24H2,1H3. The minimum absolute atomic E-state index is 0.169. The lowest BCUT2D eigenvalue weighted by Crippen LogP contribution is -2.37. The van der Waals surface area contributed by atoms with Crippen LogP contribution in [0.1, 0.15) is 31.7 Å². The molecule has 0 atom stereocenters. The summed E-state index contributed by atoms with van der Waals surface area (Å²) >= 11 is 5.12. The van der Waals surface area contributed by atoms with Gasteiger partial charge in [0.2, 0.25) is 5.91 Å². The molecule has 0 radical (unpaired) electrons. The number of hydrogen-bond donors (Lipinski definition) is 1. The number of nitrogens with two attached hydrogens (primary N) is 1. The number of rotatable bonds is 5. The third-order valence-corrected chi connectivity index (χ3v) is 7.66. The largest absolute Gasteiger partial charge is 0.492 e. The van der Waals surface area contributed by atoms with E-state index in [1.165, 1.54) is 17.3 Å². The third-order valence-electron chi connectivity index (χ3n) is 6.23. The van der Waals surface area contributed by atoms with E-state index in [1.54, 1.807) is 13.3 Å². The molecule has 1 fully saturated rings. The molecule has 1 saturated heterocycles. The van der Waals surface area contributed by atoms with Gasteiger partial charge in [-0.05, 0) is 70.6 Å². The summed E-state index contributed by atoms with van der Waals surface area (Å²) < 4.78 is 8.68. The lowest BCUT2D eigenvalue weighted by Gasteiger charge is -2.31. The van der Waals surface area contributed by atoms with Crippen LogP contribution in [0.15, 0.2) is 33.0 Å². The van der Waals surface area contributed by atoms with Gasteiger partial charge in [-0.15, -0.1) is 0 Å². The lowest BCUT2D eigenvalue weighted by atomic mass is 9.93. The Hall–Kier alpha value is -2.33. The maximum atomic E-state index is 11.5. The Balaban J connectivity index is 1.31. The maximum absolute atomic E-state index is 11.5. The predicted octanol–water partition coefficient (Wildman–Crippen LogP) is 3.86. The zero-order chi connectivity index (χ0) is 22.2. The highest BCUT2D eigenvalue weighted by molar-refractivity contribution is 9.10. The van der Waals surface area contributed by atoms with E-state index in [0.29, 0.717) is 22.6 Å². The van der Waals surface area contributed by atoms with Crippen molar-refractivity contribution in [3.63, 3.8) is 0 Å². The molecule has 0 bridgehead atoms. The number of anilines is 1. The Labute approximate surface area is 199 Å². The molecule has 168 valence electrons. The van der Waals surface area contributed by atoms with Gasteiger partial charge in [0.25, 0.3) is 0 Å². The Morgan fingerprint density at radius 3 is 2.91 bits per heavy atom. The lowest BCUT2D eigenvalue weighted by molar-refractivity contribution is -0.130. The van der Waals surface area contributed by atoms with Crippen molar-refractivity contribution in [2.24, 2.45) is 5.92 Å². The highest BCUT2D eigenvalue weighted by Gasteiger charge is 2.24. The molecular weight excluding hydrogens is 492 g/mol. The number of likely N-dealkylation sites (tertiary alicyclic amines) is 1. The van der Waals surface area contributed by atoms with E-state index < -0.39 is 0 Å². The molecule has 10 heteroatoms. The topological polar surface area (TPSA) is 99.2 Å². The molecule has 2 N–H and O–H groups in total. The van der Waals surface area contributed by atoms with Gasteiger partial charge in [-0.2, -0.15) is 0 Å². The van der Waals surface area contributed by atoms with Crippen molar-refractivity contribution in [1.82, 2.24) is 24.4 Å². The van der Waals surface area contributed by atoms with Crippen LogP contribution < -0.4 is 10.5 Å². The Kier molecular flexibility index (Phi) is 5.98. The zero-order valence-corrected chi connectivity index (χ0v) is 20.3. The molecule has 0 saturated carbocycles. The minimum atomic E-state index is 0.169. The monoisotopic (exact) mass is 516 g/mol. The van der Waals surface area contributed by atoms with Crippen LogP contribution in [-0.4, -0.2) is 50.0 Å². The highest BCUT2D eigenvalue weighted by Crippen LogP contribution is 2.40. The van der Waals surface area contributed by atoms with E-state index in [4.69, 9.17) is 15.5 Å². The number of piperidine rings is 1. The Morgan fingerprint density at radius 2 is 2.12 bits per heavy atom. The summed E-state index contributed by atoms with van der Waals surface area (Å²) in [4.78, 5) is 28.3. The average molecular weight is 517 g/mol. The number of fused-ring (bicyclic) bond motifs is 2. The fraction of sp³-hybridized carbons (Fsp3) is 0.455. The van der Waals surface area contributed by atoms with Crippen molar-refractivity contribution >= 4 is 39.4 Å². The van der Waals surface area contributed by atoms with Crippen LogP contribution in [-0.2, 0) is 17.8 Å². The Bertz CT molecular complexity index is 1130. The fourth-order valence-electron chi connectivity index (χ4n) is 4.40. The van der Waals surface area contributed by atoms with Crippen molar-refractivity contribution in [1.29, 1.82) is 0 Å². The van der Waals surface area contributed by atoms with Crippen LogP contribution in [0.4, 0.5) is 5.82 Å². The highest BCUT2D eigenvalue weighted by atomic mass is 79.9. The second-order valence-corrected chi connectivity index (χ2v) is 10.2. The molecule has 5 rings (SSSR count). The molecule has 0 aliphatic carbocycles. The summed E-state index contributed by atoms with van der Waals surface area (Å²) in [5.41, 5.74) is 7.96. The molecule has 1 aromatic rings. The summed E-state index contributed by atoms with van der Waals surface area (Å²) in [6.07, 6.45) is 5.76. The van der Waals surface area contributed by atoms with Crippen LogP contribution in [0.3, 0.4) is 0 Å². The van der Waals surface area contributed by atoms with Gasteiger partial charge in [-0.3, -0.25) is 4.79 Å². The van der Waals surface area contributed by atoms with Crippen molar-refractivity contribution < 1.29 is 9.53 Å². The first-order chi connectivity index (χ1) is 15.5. The first kappa shape index (κ1) is 21.5. The van der Waals surface area contributed by atoms with Crippen LogP contribution in [0.25, 0.3) is 11.5 Å². The van der Waals surface area contributed by atoms with Gasteiger partial charge in [0.15, 0.2) is 22.5 Å². The number of nitrogen functional groups attached to an aromatic ring is 1. The van der Waals surface area contributed by atoms with E-state index in [2.05, 4.69) is 32.0 Å². The molecule has 4 aliphatic heterocycles. The predicted molar refractivity (Wildman–Crippen MR) is 126 cm³/mol. The maximum Gasteiger partial charge on any atom is 0.219 e. The summed E-state index contributed by atoms with van der Waals surface area (Å²) in [6.45, 7) is 4.86. The number of halogens is 1. The van der Waals surface area contributed by atoms with Crippen molar-refractivity contribution in [3.8, 4) is 17.3 Å². The summed E-state index contributed by atoms with van der Waals surface area (Å²) in [5, 5.41) is 0.661. The normalized spacial score (nSPS) is 16.4. The SMILES string of the molecule is CC(=O)N1CCC(CCn2cnc(N)c3nc(Sc4cc(Br)c5c(c4)CCO5)nc2-3)CC1. The van der Waals surface area contributed by atoms with Gasteiger partial charge in [0.05, 0.1) is 17.4 Å². The van der Waals surface area contributed by atoms with Crippen molar-refractivity contribution in [3.05, 3.63) is 28.5 Å². The first-order valence-corrected chi connectivity index (χ1v) is 12.5. The van der Waals surface area contributed by atoms with Crippen LogP contribution in [0.2, 0.25) is 0 Å². The van der Waals surface area contributed by atoms with E-state index in [-0.39, 0.29) is 5.91 Å². The molecule has 1 aromatic carbocycles.